The topological polar surface area (TPSA) is 84.6 Å². The molecular formula is C14H18BrN5O. The van der Waals surface area contributed by atoms with Gasteiger partial charge in [0.15, 0.2) is 0 Å². The molecule has 0 fully saturated rings. The van der Waals surface area contributed by atoms with Gasteiger partial charge in [-0.2, -0.15) is 0 Å². The maximum absolute atomic E-state index is 5.52. The van der Waals surface area contributed by atoms with Crippen LogP contribution in [0.2, 0.25) is 0 Å². The highest BCUT2D eigenvalue weighted by Gasteiger charge is 2.07. The molecular weight excluding hydrogens is 334 g/mol. The summed E-state index contributed by atoms with van der Waals surface area (Å²) in [5.41, 5.74) is 4.25. The summed E-state index contributed by atoms with van der Waals surface area (Å²) in [5, 5.41) is 4.18. The van der Waals surface area contributed by atoms with E-state index in [1.807, 2.05) is 31.2 Å². The van der Waals surface area contributed by atoms with Gasteiger partial charge in [0.1, 0.15) is 0 Å². The van der Waals surface area contributed by atoms with Crippen LogP contribution >= 0.6 is 15.9 Å². The molecule has 0 aliphatic rings. The quantitative estimate of drug-likeness (QED) is 0.340. The van der Waals surface area contributed by atoms with Gasteiger partial charge in [-0.25, -0.2) is 10.8 Å². The van der Waals surface area contributed by atoms with Gasteiger partial charge in [0, 0.05) is 23.2 Å². The highest BCUT2D eigenvalue weighted by Crippen LogP contribution is 2.23. The Hall–Kier alpha value is -1.70. The molecule has 0 saturated heterocycles. The normalized spacial score (nSPS) is 13.2. The van der Waals surface area contributed by atoms with Crippen molar-refractivity contribution in [2.45, 2.75) is 13.0 Å². The number of benzene rings is 1. The molecule has 0 aliphatic heterocycles. The average molecular weight is 352 g/mol. The van der Waals surface area contributed by atoms with Crippen LogP contribution in [-0.2, 0) is 4.74 Å². The number of nitrogens with zero attached hydrogens (tertiary/aromatic N) is 2. The highest BCUT2D eigenvalue weighted by molar-refractivity contribution is 9.10. The van der Waals surface area contributed by atoms with Crippen molar-refractivity contribution in [1.82, 2.24) is 10.4 Å². The fourth-order valence-corrected chi connectivity index (χ4v) is 2.32. The van der Waals surface area contributed by atoms with Crippen LogP contribution in [0.5, 0.6) is 0 Å². The molecule has 0 amide bonds. The molecule has 0 aliphatic carbocycles. The van der Waals surface area contributed by atoms with Crippen molar-refractivity contribution in [3.8, 4) is 0 Å². The van der Waals surface area contributed by atoms with Crippen LogP contribution in [0.3, 0.4) is 0 Å². The second kappa shape index (κ2) is 7.35. The van der Waals surface area contributed by atoms with E-state index >= 15 is 0 Å². The predicted octanol–water partition coefficient (Wildman–Crippen LogP) is 2.26. The number of hydrazine groups is 1. The highest BCUT2D eigenvalue weighted by atomic mass is 79.9. The lowest BCUT2D eigenvalue weighted by atomic mass is 10.2. The molecule has 1 unspecified atom stereocenters. The van der Waals surface area contributed by atoms with Gasteiger partial charge in [-0.15, -0.1) is 0 Å². The zero-order valence-electron chi connectivity index (χ0n) is 11.9. The van der Waals surface area contributed by atoms with Gasteiger partial charge in [-0.1, -0.05) is 12.1 Å². The van der Waals surface area contributed by atoms with Crippen molar-refractivity contribution in [2.75, 3.05) is 19.0 Å². The van der Waals surface area contributed by atoms with Crippen LogP contribution in [0.15, 0.2) is 39.9 Å². The van der Waals surface area contributed by atoms with Gasteiger partial charge in [0.25, 0.3) is 0 Å². The Balaban J connectivity index is 2.29. The van der Waals surface area contributed by atoms with Gasteiger partial charge in [0.05, 0.1) is 23.9 Å². The van der Waals surface area contributed by atoms with Gasteiger partial charge in [-0.05, 0) is 35.0 Å². The number of rotatable bonds is 4. The molecule has 0 saturated carbocycles. The average Bonchev–Trinajstić information content (AvgIpc) is 2.46. The molecule has 2 rings (SSSR count). The zero-order chi connectivity index (χ0) is 15.2. The second-order valence-electron chi connectivity index (χ2n) is 4.58. The van der Waals surface area contributed by atoms with Gasteiger partial charge >= 0.3 is 0 Å². The fraction of sp³-hybridized carbons (Fsp3) is 0.286. The van der Waals surface area contributed by atoms with Crippen LogP contribution in [-0.4, -0.2) is 30.7 Å². The van der Waals surface area contributed by atoms with Crippen molar-refractivity contribution in [3.05, 3.63) is 34.9 Å². The summed E-state index contributed by atoms with van der Waals surface area (Å²) in [6.45, 7) is 2.47. The maximum Gasteiger partial charge on any atom is 0.210 e. The summed E-state index contributed by atoms with van der Waals surface area (Å²) in [5.74, 6) is 5.99. The zero-order valence-corrected chi connectivity index (χ0v) is 13.5. The molecule has 6 nitrogen and oxygen atoms in total. The summed E-state index contributed by atoms with van der Waals surface area (Å²) >= 11 is 3.42. The molecule has 4 N–H and O–H groups in total. The van der Waals surface area contributed by atoms with Crippen molar-refractivity contribution in [1.29, 1.82) is 0 Å². The Morgan fingerprint density at radius 3 is 3.05 bits per heavy atom. The Bertz CT molecular complexity index is 646. The summed E-state index contributed by atoms with van der Waals surface area (Å²) in [7, 11) is 1.64. The Kier molecular flexibility index (Phi) is 5.49. The van der Waals surface area contributed by atoms with E-state index in [9.17, 15) is 0 Å². The first-order valence-electron chi connectivity index (χ1n) is 6.48. The van der Waals surface area contributed by atoms with E-state index in [1.54, 1.807) is 13.3 Å². The number of nitrogens with one attached hydrogen (secondary N) is 2. The first kappa shape index (κ1) is 15.7. The number of ether oxygens (including phenoxy) is 1. The molecule has 0 radical (unpaired) electrons. The van der Waals surface area contributed by atoms with E-state index in [0.717, 1.165) is 21.1 Å². The number of halogens is 1. The van der Waals surface area contributed by atoms with Crippen LogP contribution < -0.4 is 16.6 Å². The van der Waals surface area contributed by atoms with Crippen LogP contribution in [0.1, 0.15) is 6.92 Å². The smallest absolute Gasteiger partial charge is 0.210 e. The monoisotopic (exact) mass is 351 g/mol. The minimum atomic E-state index is -0.00868. The number of fused-ring (bicyclic) bond motifs is 1. The molecule has 21 heavy (non-hydrogen) atoms. The third-order valence-corrected chi connectivity index (χ3v) is 3.26. The number of anilines is 1. The lowest BCUT2D eigenvalue weighted by Crippen LogP contribution is -2.37. The number of para-hydroxylation sites is 1. The predicted molar refractivity (Wildman–Crippen MR) is 89.2 cm³/mol. The van der Waals surface area contributed by atoms with Crippen molar-refractivity contribution < 1.29 is 4.74 Å². The number of aliphatic imine (C=N–C) groups is 1. The first-order chi connectivity index (χ1) is 10.1. The molecule has 0 bridgehead atoms. The number of guanidine groups is 1. The number of nitrogens with two attached hydrogens (primary N) is 1. The van der Waals surface area contributed by atoms with Crippen molar-refractivity contribution >= 4 is 38.5 Å². The second-order valence-corrected chi connectivity index (χ2v) is 5.50. The molecule has 1 aromatic heterocycles. The van der Waals surface area contributed by atoms with E-state index in [-0.39, 0.29) is 6.04 Å². The first-order valence-corrected chi connectivity index (χ1v) is 7.28. The van der Waals surface area contributed by atoms with E-state index in [4.69, 9.17) is 10.6 Å². The van der Waals surface area contributed by atoms with E-state index in [1.165, 1.54) is 0 Å². The van der Waals surface area contributed by atoms with Gasteiger partial charge < -0.3 is 10.1 Å². The van der Waals surface area contributed by atoms with Crippen molar-refractivity contribution in [2.24, 2.45) is 10.8 Å². The molecule has 112 valence electrons. The van der Waals surface area contributed by atoms with E-state index in [0.29, 0.717) is 12.6 Å². The minimum absolute atomic E-state index is 0.00868. The van der Waals surface area contributed by atoms with Crippen LogP contribution in [0.25, 0.3) is 10.9 Å². The van der Waals surface area contributed by atoms with Gasteiger partial charge in [0.2, 0.25) is 5.96 Å². The van der Waals surface area contributed by atoms with E-state index < -0.39 is 0 Å². The van der Waals surface area contributed by atoms with Crippen LogP contribution in [0, 0.1) is 0 Å². The fourth-order valence-electron chi connectivity index (χ4n) is 1.97. The van der Waals surface area contributed by atoms with Crippen LogP contribution in [0.4, 0.5) is 5.69 Å². The molecule has 0 spiro atoms. The minimum Gasteiger partial charge on any atom is -0.382 e. The third-order valence-electron chi connectivity index (χ3n) is 2.82. The summed E-state index contributed by atoms with van der Waals surface area (Å²) in [6, 6.07) is 7.88. The summed E-state index contributed by atoms with van der Waals surface area (Å²) in [4.78, 5) is 8.84. The molecule has 1 aromatic carbocycles. The molecule has 1 heterocycles. The number of hydrogen-bond acceptors (Lipinski definition) is 4. The largest absolute Gasteiger partial charge is 0.382 e. The standard InChI is InChI=1S/C14H18BrN5O/c1-9(8-21-2)18-14(20-16)19-12-5-3-4-10-6-11(15)7-17-13(10)12/h3-7,9H,8,16H2,1-2H3,(H2,18,19,20). The molecule has 7 heteroatoms. The number of pyridine rings is 1. The Labute approximate surface area is 131 Å². The Morgan fingerprint density at radius 1 is 1.52 bits per heavy atom. The van der Waals surface area contributed by atoms with E-state index in [2.05, 4.69) is 36.6 Å². The Morgan fingerprint density at radius 2 is 2.33 bits per heavy atom. The van der Waals surface area contributed by atoms with Crippen molar-refractivity contribution in [3.63, 3.8) is 0 Å². The maximum atomic E-state index is 5.52. The number of aromatic nitrogens is 1. The molecule has 2 aromatic rings. The SMILES string of the molecule is COCC(C)N=C(NN)Nc1cccc2cc(Br)cnc12. The number of hydrogen-bond donors (Lipinski definition) is 3. The molecule has 1 atom stereocenters. The van der Waals surface area contributed by atoms with Gasteiger partial charge in [-0.3, -0.25) is 10.4 Å². The summed E-state index contributed by atoms with van der Waals surface area (Å²) < 4.78 is 6.00. The summed E-state index contributed by atoms with van der Waals surface area (Å²) in [6.07, 6.45) is 1.76. The lowest BCUT2D eigenvalue weighted by Gasteiger charge is -2.13. The lowest BCUT2D eigenvalue weighted by molar-refractivity contribution is 0.185. The number of methoxy groups -OCH3 is 1. The third kappa shape index (κ3) is 4.13.